The zero-order valence-corrected chi connectivity index (χ0v) is 10.2. The van der Waals surface area contributed by atoms with Gasteiger partial charge in [-0.05, 0) is 36.5 Å². The van der Waals surface area contributed by atoms with Gasteiger partial charge in [-0.3, -0.25) is 0 Å². The molecule has 0 radical (unpaired) electrons. The van der Waals surface area contributed by atoms with Crippen molar-refractivity contribution in [3.8, 4) is 0 Å². The second-order valence-electron chi connectivity index (χ2n) is 4.95. The molecule has 2 heterocycles. The van der Waals surface area contributed by atoms with Crippen LogP contribution in [0, 0.1) is 0 Å². The van der Waals surface area contributed by atoms with Crippen LogP contribution in [-0.4, -0.2) is 24.1 Å². The Morgan fingerprint density at radius 1 is 1.50 bits per heavy atom. The molecule has 2 N–H and O–H groups in total. The molecule has 16 heavy (non-hydrogen) atoms. The average Bonchev–Trinajstić information content (AvgIpc) is 2.29. The molecule has 0 saturated carbocycles. The smallest absolute Gasteiger partial charge is 0.128 e. The van der Waals surface area contributed by atoms with Gasteiger partial charge < -0.3 is 10.6 Å². The van der Waals surface area contributed by atoms with Gasteiger partial charge in [0, 0.05) is 25.3 Å². The van der Waals surface area contributed by atoms with Gasteiger partial charge in [-0.25, -0.2) is 4.98 Å². The first kappa shape index (κ1) is 11.4. The molecule has 88 valence electrons. The third kappa shape index (κ3) is 2.53. The van der Waals surface area contributed by atoms with Crippen LogP contribution in [0.4, 0.5) is 5.82 Å². The minimum atomic E-state index is 0.304. The van der Waals surface area contributed by atoms with Crippen LogP contribution in [0.15, 0.2) is 18.3 Å². The molecule has 0 spiro atoms. The van der Waals surface area contributed by atoms with Crippen molar-refractivity contribution >= 4 is 5.82 Å². The number of pyridine rings is 1. The molecule has 2 rings (SSSR count). The van der Waals surface area contributed by atoms with Crippen LogP contribution in [0.1, 0.15) is 38.2 Å². The van der Waals surface area contributed by atoms with Crippen molar-refractivity contribution in [3.63, 3.8) is 0 Å². The lowest BCUT2D eigenvalue weighted by Gasteiger charge is -2.32. The van der Waals surface area contributed by atoms with Crippen LogP contribution >= 0.6 is 0 Å². The maximum Gasteiger partial charge on any atom is 0.128 e. The fourth-order valence-electron chi connectivity index (χ4n) is 2.18. The highest BCUT2D eigenvalue weighted by molar-refractivity contribution is 5.42. The molecule has 0 bridgehead atoms. The normalized spacial score (nSPS) is 21.5. The number of anilines is 1. The van der Waals surface area contributed by atoms with Crippen LogP contribution in [-0.2, 0) is 0 Å². The van der Waals surface area contributed by atoms with E-state index in [0.717, 1.165) is 25.3 Å². The van der Waals surface area contributed by atoms with Gasteiger partial charge in [0.05, 0.1) is 0 Å². The van der Waals surface area contributed by atoms with E-state index in [0.29, 0.717) is 12.0 Å². The van der Waals surface area contributed by atoms with Crippen molar-refractivity contribution in [1.29, 1.82) is 0 Å². The minimum absolute atomic E-state index is 0.304. The topological polar surface area (TPSA) is 42.2 Å². The third-order valence-corrected chi connectivity index (χ3v) is 3.22. The number of aromatic nitrogens is 1. The Balaban J connectivity index is 2.16. The predicted octanol–water partition coefficient (Wildman–Crippen LogP) is 2.13. The first-order valence-corrected chi connectivity index (χ1v) is 6.13. The van der Waals surface area contributed by atoms with E-state index < -0.39 is 0 Å². The molecule has 1 aromatic rings. The first-order valence-electron chi connectivity index (χ1n) is 6.13. The first-order chi connectivity index (χ1) is 7.66. The highest BCUT2D eigenvalue weighted by Gasteiger charge is 2.18. The van der Waals surface area contributed by atoms with Crippen LogP contribution in [0.2, 0.25) is 0 Å². The van der Waals surface area contributed by atoms with Crippen molar-refractivity contribution < 1.29 is 0 Å². The Bertz CT molecular complexity index is 349. The Kier molecular flexibility index (Phi) is 3.44. The van der Waals surface area contributed by atoms with E-state index in [1.165, 1.54) is 12.0 Å². The van der Waals surface area contributed by atoms with Gasteiger partial charge in [-0.1, -0.05) is 13.8 Å². The van der Waals surface area contributed by atoms with E-state index in [-0.39, 0.29) is 0 Å². The summed E-state index contributed by atoms with van der Waals surface area (Å²) in [5.74, 6) is 1.64. The summed E-state index contributed by atoms with van der Waals surface area (Å²) >= 11 is 0. The van der Waals surface area contributed by atoms with Gasteiger partial charge in [0.2, 0.25) is 0 Å². The van der Waals surface area contributed by atoms with E-state index in [1.54, 1.807) is 0 Å². The minimum Gasteiger partial charge on any atom is -0.355 e. The second-order valence-corrected chi connectivity index (χ2v) is 4.95. The maximum atomic E-state index is 5.99. The van der Waals surface area contributed by atoms with Crippen molar-refractivity contribution in [1.82, 2.24) is 4.98 Å². The molecule has 0 aromatic carbocycles. The third-order valence-electron chi connectivity index (χ3n) is 3.22. The molecule has 1 unspecified atom stereocenters. The van der Waals surface area contributed by atoms with E-state index in [9.17, 15) is 0 Å². The van der Waals surface area contributed by atoms with Crippen LogP contribution in [0.5, 0.6) is 0 Å². The zero-order chi connectivity index (χ0) is 11.5. The summed E-state index contributed by atoms with van der Waals surface area (Å²) in [6, 6.07) is 4.60. The Labute approximate surface area is 97.7 Å². The van der Waals surface area contributed by atoms with E-state index >= 15 is 0 Å². The summed E-state index contributed by atoms with van der Waals surface area (Å²) in [6.45, 7) is 6.44. The lowest BCUT2D eigenvalue weighted by Crippen LogP contribution is -2.43. The number of nitrogens with zero attached hydrogens (tertiary/aromatic N) is 2. The van der Waals surface area contributed by atoms with Gasteiger partial charge in [0.25, 0.3) is 0 Å². The van der Waals surface area contributed by atoms with Gasteiger partial charge >= 0.3 is 0 Å². The predicted molar refractivity (Wildman–Crippen MR) is 67.7 cm³/mol. The molecule has 1 fully saturated rings. The summed E-state index contributed by atoms with van der Waals surface area (Å²) in [5, 5.41) is 0. The molecule has 0 aliphatic carbocycles. The Hall–Kier alpha value is -1.09. The SMILES string of the molecule is CC(C)c1ccnc(N2CCCC(N)C2)c1. The molecule has 1 aliphatic heterocycles. The van der Waals surface area contributed by atoms with E-state index in [2.05, 4.69) is 35.9 Å². The quantitative estimate of drug-likeness (QED) is 0.828. The largest absolute Gasteiger partial charge is 0.355 e. The fourth-order valence-corrected chi connectivity index (χ4v) is 2.18. The summed E-state index contributed by atoms with van der Waals surface area (Å²) < 4.78 is 0. The monoisotopic (exact) mass is 219 g/mol. The summed E-state index contributed by atoms with van der Waals surface area (Å²) in [5.41, 5.74) is 7.34. The second kappa shape index (κ2) is 4.83. The van der Waals surface area contributed by atoms with Crippen molar-refractivity contribution in [2.45, 2.75) is 38.6 Å². The van der Waals surface area contributed by atoms with E-state index in [1.807, 2.05) is 6.20 Å². The fraction of sp³-hybridized carbons (Fsp3) is 0.615. The standard InChI is InChI=1S/C13H21N3/c1-10(2)11-5-6-15-13(8-11)16-7-3-4-12(14)9-16/h5-6,8,10,12H,3-4,7,9,14H2,1-2H3. The highest BCUT2D eigenvalue weighted by atomic mass is 15.2. The molecule has 3 heteroatoms. The molecule has 1 aromatic heterocycles. The maximum absolute atomic E-state index is 5.99. The average molecular weight is 219 g/mol. The Morgan fingerprint density at radius 3 is 3.00 bits per heavy atom. The summed E-state index contributed by atoms with van der Waals surface area (Å²) in [6.07, 6.45) is 4.22. The van der Waals surface area contributed by atoms with Crippen molar-refractivity contribution in [3.05, 3.63) is 23.9 Å². The lowest BCUT2D eigenvalue weighted by atomic mass is 10.0. The van der Waals surface area contributed by atoms with Crippen LogP contribution in [0.25, 0.3) is 0 Å². The molecular formula is C13H21N3. The van der Waals surface area contributed by atoms with Crippen LogP contribution < -0.4 is 10.6 Å². The summed E-state index contributed by atoms with van der Waals surface area (Å²) in [7, 11) is 0. The van der Waals surface area contributed by atoms with Gasteiger partial charge in [-0.2, -0.15) is 0 Å². The molecule has 3 nitrogen and oxygen atoms in total. The van der Waals surface area contributed by atoms with Crippen molar-refractivity contribution in [2.75, 3.05) is 18.0 Å². The summed E-state index contributed by atoms with van der Waals surface area (Å²) in [4.78, 5) is 6.76. The van der Waals surface area contributed by atoms with Crippen LogP contribution in [0.3, 0.4) is 0 Å². The molecule has 0 amide bonds. The molecular weight excluding hydrogens is 198 g/mol. The number of nitrogens with two attached hydrogens (primary N) is 1. The van der Waals surface area contributed by atoms with Gasteiger partial charge in [0.15, 0.2) is 0 Å². The van der Waals surface area contributed by atoms with Gasteiger partial charge in [-0.15, -0.1) is 0 Å². The van der Waals surface area contributed by atoms with Crippen molar-refractivity contribution in [2.24, 2.45) is 5.73 Å². The zero-order valence-electron chi connectivity index (χ0n) is 10.2. The number of hydrogen-bond donors (Lipinski definition) is 1. The van der Waals surface area contributed by atoms with E-state index in [4.69, 9.17) is 5.73 Å². The molecule has 1 aliphatic rings. The highest BCUT2D eigenvalue weighted by Crippen LogP contribution is 2.21. The number of hydrogen-bond acceptors (Lipinski definition) is 3. The molecule has 1 saturated heterocycles. The van der Waals surface area contributed by atoms with Gasteiger partial charge in [0.1, 0.15) is 5.82 Å². The molecule has 1 atom stereocenters. The Morgan fingerprint density at radius 2 is 2.31 bits per heavy atom. The lowest BCUT2D eigenvalue weighted by molar-refractivity contribution is 0.503. The number of rotatable bonds is 2. The number of piperidine rings is 1.